The smallest absolute Gasteiger partial charge is 0.263 e. The van der Waals surface area contributed by atoms with E-state index < -0.39 is 0 Å². The van der Waals surface area contributed by atoms with E-state index in [-0.39, 0.29) is 11.9 Å². The van der Waals surface area contributed by atoms with E-state index in [4.69, 9.17) is 0 Å². The molecule has 0 spiro atoms. The van der Waals surface area contributed by atoms with Crippen LogP contribution in [0.25, 0.3) is 10.6 Å². The van der Waals surface area contributed by atoms with Gasteiger partial charge >= 0.3 is 0 Å². The first kappa shape index (κ1) is 16.2. The van der Waals surface area contributed by atoms with Gasteiger partial charge in [-0.05, 0) is 44.8 Å². The number of carbonyl (C=O) groups is 1. The second kappa shape index (κ2) is 6.58. The zero-order valence-electron chi connectivity index (χ0n) is 14.1. The first-order valence-corrected chi connectivity index (χ1v) is 9.49. The third kappa shape index (κ3) is 2.94. The van der Waals surface area contributed by atoms with E-state index in [0.717, 1.165) is 18.7 Å². The molecule has 6 heteroatoms. The molecule has 3 saturated heterocycles. The van der Waals surface area contributed by atoms with Crippen LogP contribution in [0.4, 0.5) is 0 Å². The lowest BCUT2D eigenvalue weighted by Gasteiger charge is -2.49. The Morgan fingerprint density at radius 2 is 2.12 bits per heavy atom. The monoisotopic (exact) mass is 352 g/mol. The molecule has 25 heavy (non-hydrogen) atoms. The van der Waals surface area contributed by atoms with Gasteiger partial charge in [-0.2, -0.15) is 5.26 Å². The van der Waals surface area contributed by atoms with Crippen LogP contribution in [0, 0.1) is 17.2 Å². The zero-order valence-corrected chi connectivity index (χ0v) is 14.9. The number of hydrogen-bond donors (Lipinski definition) is 1. The molecule has 0 aliphatic carbocycles. The van der Waals surface area contributed by atoms with Crippen molar-refractivity contribution in [1.29, 1.82) is 5.26 Å². The van der Waals surface area contributed by atoms with Crippen molar-refractivity contribution in [3.05, 3.63) is 40.9 Å². The van der Waals surface area contributed by atoms with Gasteiger partial charge in [0.05, 0.1) is 17.8 Å². The predicted molar refractivity (Wildman–Crippen MR) is 97.3 cm³/mol. The summed E-state index contributed by atoms with van der Waals surface area (Å²) in [6.45, 7) is 4.50. The van der Waals surface area contributed by atoms with Crippen LogP contribution in [0.3, 0.4) is 0 Å². The number of rotatable bonds is 3. The Bertz CT molecular complexity index is 830. The van der Waals surface area contributed by atoms with E-state index in [0.29, 0.717) is 27.4 Å². The van der Waals surface area contributed by atoms with Crippen LogP contribution in [0.1, 0.15) is 35.0 Å². The number of aromatic nitrogens is 1. The summed E-state index contributed by atoms with van der Waals surface area (Å²) in [6, 6.07) is 10.1. The van der Waals surface area contributed by atoms with Crippen LogP contribution >= 0.6 is 11.3 Å². The summed E-state index contributed by atoms with van der Waals surface area (Å²) in [4.78, 5) is 20.1. The lowest BCUT2D eigenvalue weighted by molar-refractivity contribution is 0.0218. The van der Waals surface area contributed by atoms with Gasteiger partial charge in [-0.25, -0.2) is 4.98 Å². The van der Waals surface area contributed by atoms with Crippen molar-refractivity contribution in [1.82, 2.24) is 15.2 Å². The Morgan fingerprint density at radius 3 is 2.84 bits per heavy atom. The molecule has 1 N–H and O–H groups in total. The molecule has 3 aliphatic rings. The van der Waals surface area contributed by atoms with Gasteiger partial charge < -0.3 is 5.32 Å². The summed E-state index contributed by atoms with van der Waals surface area (Å²) in [5.41, 5.74) is 1.36. The summed E-state index contributed by atoms with van der Waals surface area (Å²) in [6.07, 6.45) is 3.95. The van der Waals surface area contributed by atoms with Gasteiger partial charge in [0.15, 0.2) is 0 Å². The first-order chi connectivity index (χ1) is 12.2. The minimum atomic E-state index is -0.0520. The van der Waals surface area contributed by atoms with Gasteiger partial charge in [0, 0.05) is 17.6 Å². The molecule has 2 aromatic rings. The highest BCUT2D eigenvalue weighted by atomic mass is 32.1. The summed E-state index contributed by atoms with van der Waals surface area (Å²) in [5, 5.41) is 13.2. The highest BCUT2D eigenvalue weighted by Crippen LogP contribution is 2.33. The Labute approximate surface area is 151 Å². The molecule has 0 radical (unpaired) electrons. The number of piperidine rings is 3. The Balaban J connectivity index is 1.52. The predicted octanol–water partition coefficient (Wildman–Crippen LogP) is 2.89. The van der Waals surface area contributed by atoms with E-state index in [1.54, 1.807) is 12.3 Å². The molecule has 5 nitrogen and oxygen atoms in total. The summed E-state index contributed by atoms with van der Waals surface area (Å²) in [7, 11) is 0. The van der Waals surface area contributed by atoms with E-state index in [9.17, 15) is 10.1 Å². The van der Waals surface area contributed by atoms with Gasteiger partial charge in [0.25, 0.3) is 5.91 Å². The number of hydrogen-bond acceptors (Lipinski definition) is 5. The van der Waals surface area contributed by atoms with Gasteiger partial charge in [0.1, 0.15) is 9.88 Å². The van der Waals surface area contributed by atoms with Crippen molar-refractivity contribution in [2.45, 2.75) is 31.8 Å². The quantitative estimate of drug-likeness (QED) is 0.922. The minimum Gasteiger partial charge on any atom is -0.347 e. The number of nitrogens with zero attached hydrogens (tertiary/aromatic N) is 3. The zero-order chi connectivity index (χ0) is 17.4. The fraction of sp³-hybridized carbons (Fsp3) is 0.421. The maximum atomic E-state index is 12.7. The van der Waals surface area contributed by atoms with E-state index >= 15 is 0 Å². The largest absolute Gasteiger partial charge is 0.347 e. The lowest BCUT2D eigenvalue weighted by Crippen LogP contribution is -2.62. The van der Waals surface area contributed by atoms with Crippen LogP contribution in [-0.2, 0) is 0 Å². The van der Waals surface area contributed by atoms with Crippen LogP contribution in [0.15, 0.2) is 30.5 Å². The summed E-state index contributed by atoms with van der Waals surface area (Å²) in [5.74, 6) is 0.527. The van der Waals surface area contributed by atoms with Crippen LogP contribution in [0.5, 0.6) is 0 Å². The molecule has 2 bridgehead atoms. The highest BCUT2D eigenvalue weighted by Gasteiger charge is 2.40. The van der Waals surface area contributed by atoms with E-state index in [1.165, 1.54) is 24.2 Å². The van der Waals surface area contributed by atoms with E-state index in [1.807, 2.05) is 18.2 Å². The number of nitriles is 1. The SMILES string of the molecule is C[C@H]1[C@H](NC(=O)c2cnc(-c3ccccc3C#N)s2)C2CCN1CC2. The molecule has 1 amide bonds. The molecule has 2 atom stereocenters. The first-order valence-electron chi connectivity index (χ1n) is 8.67. The van der Waals surface area contributed by atoms with Crippen LogP contribution in [0.2, 0.25) is 0 Å². The van der Waals surface area contributed by atoms with Crippen LogP contribution in [-0.4, -0.2) is 41.0 Å². The molecule has 0 saturated carbocycles. The standard InChI is InChI=1S/C19H20N4OS/c1-12-17(13-6-8-23(12)9-7-13)22-18(24)16-11-21-19(25-16)15-5-3-2-4-14(15)10-20/h2-5,11-13,17H,6-9H2,1H3,(H,22,24)/t12-,17-/m0/s1. The Morgan fingerprint density at radius 1 is 1.36 bits per heavy atom. The average Bonchev–Trinajstić information content (AvgIpc) is 3.15. The maximum absolute atomic E-state index is 12.7. The molecule has 128 valence electrons. The molecule has 3 aliphatic heterocycles. The number of benzene rings is 1. The number of amides is 1. The third-order valence-corrected chi connectivity index (χ3v) is 6.51. The Hall–Kier alpha value is -2.23. The number of fused-ring (bicyclic) bond motifs is 3. The van der Waals surface area contributed by atoms with Crippen LogP contribution < -0.4 is 5.32 Å². The third-order valence-electron chi connectivity index (χ3n) is 5.48. The summed E-state index contributed by atoms with van der Waals surface area (Å²) < 4.78 is 0. The van der Waals surface area contributed by atoms with Gasteiger partial charge in [-0.1, -0.05) is 18.2 Å². The average molecular weight is 352 g/mol. The molecule has 1 aromatic carbocycles. The second-order valence-electron chi connectivity index (χ2n) is 6.80. The normalized spacial score (nSPS) is 27.7. The molecule has 5 rings (SSSR count). The molecule has 3 fully saturated rings. The number of nitrogens with one attached hydrogen (secondary N) is 1. The van der Waals surface area contributed by atoms with Crippen molar-refractivity contribution in [3.63, 3.8) is 0 Å². The minimum absolute atomic E-state index is 0.0520. The molecule has 1 aromatic heterocycles. The molecular weight excluding hydrogens is 332 g/mol. The van der Waals surface area contributed by atoms with E-state index in [2.05, 4.69) is 28.2 Å². The fourth-order valence-electron chi connectivity index (χ4n) is 4.04. The summed E-state index contributed by atoms with van der Waals surface area (Å²) >= 11 is 1.35. The molecule has 4 heterocycles. The van der Waals surface area contributed by atoms with Crippen molar-refractivity contribution in [3.8, 4) is 16.6 Å². The van der Waals surface area contributed by atoms with Crippen molar-refractivity contribution >= 4 is 17.2 Å². The van der Waals surface area contributed by atoms with Crippen molar-refractivity contribution < 1.29 is 4.79 Å². The molecule has 0 unspecified atom stereocenters. The van der Waals surface area contributed by atoms with Gasteiger partial charge in [-0.15, -0.1) is 11.3 Å². The maximum Gasteiger partial charge on any atom is 0.263 e. The fourth-order valence-corrected chi connectivity index (χ4v) is 4.90. The number of thiazole rings is 1. The van der Waals surface area contributed by atoms with Crippen molar-refractivity contribution in [2.24, 2.45) is 5.92 Å². The second-order valence-corrected chi connectivity index (χ2v) is 7.83. The Kier molecular flexibility index (Phi) is 4.28. The van der Waals surface area contributed by atoms with Crippen molar-refractivity contribution in [2.75, 3.05) is 13.1 Å². The van der Waals surface area contributed by atoms with Gasteiger partial charge in [-0.3, -0.25) is 9.69 Å². The topological polar surface area (TPSA) is 69.0 Å². The highest BCUT2D eigenvalue weighted by molar-refractivity contribution is 7.16. The lowest BCUT2D eigenvalue weighted by atomic mass is 9.79. The van der Waals surface area contributed by atoms with Gasteiger partial charge in [0.2, 0.25) is 0 Å². The number of carbonyl (C=O) groups excluding carboxylic acids is 1. The molecular formula is C19H20N4OS.